The number of carbonyl (C=O) groups excluding carboxylic acids is 1. The third-order valence-electron chi connectivity index (χ3n) is 5.06. The molecule has 1 aromatic carbocycles. The van der Waals surface area contributed by atoms with Crippen LogP contribution in [0.5, 0.6) is 0 Å². The van der Waals surface area contributed by atoms with E-state index in [9.17, 15) is 4.79 Å². The minimum absolute atomic E-state index is 0.0548. The van der Waals surface area contributed by atoms with Crippen LogP contribution in [0.3, 0.4) is 0 Å². The van der Waals surface area contributed by atoms with Crippen molar-refractivity contribution in [3.05, 3.63) is 71.8 Å². The third-order valence-corrected chi connectivity index (χ3v) is 5.06. The molecule has 0 unspecified atom stereocenters. The van der Waals surface area contributed by atoms with Gasteiger partial charge in [-0.25, -0.2) is 0 Å². The molecule has 5 heteroatoms. The fourth-order valence-corrected chi connectivity index (χ4v) is 3.64. The Balaban J connectivity index is 1.57. The molecule has 1 atom stereocenters. The molecule has 3 aromatic rings. The number of aromatic amines is 1. The Morgan fingerprint density at radius 1 is 1.19 bits per heavy atom. The molecule has 0 radical (unpaired) electrons. The normalized spacial score (nSPS) is 17.3. The first-order chi connectivity index (χ1) is 12.7. The molecule has 0 aliphatic carbocycles. The SMILES string of the molecule is Cc1ccc(-c2cn[nH]c2[C@@H]2CCCN(C(=O)c3cccnc3)C2)cc1. The van der Waals surface area contributed by atoms with E-state index in [0.29, 0.717) is 12.1 Å². The van der Waals surface area contributed by atoms with Gasteiger partial charge in [0.1, 0.15) is 0 Å². The molecule has 1 saturated heterocycles. The summed E-state index contributed by atoms with van der Waals surface area (Å²) in [6, 6.07) is 12.1. The number of nitrogens with one attached hydrogen (secondary N) is 1. The highest BCUT2D eigenvalue weighted by atomic mass is 16.2. The molecule has 1 N–H and O–H groups in total. The molecule has 3 heterocycles. The molecule has 26 heavy (non-hydrogen) atoms. The van der Waals surface area contributed by atoms with E-state index < -0.39 is 0 Å². The van der Waals surface area contributed by atoms with Gasteiger partial charge in [0.05, 0.1) is 11.8 Å². The minimum Gasteiger partial charge on any atom is -0.338 e. The maximum Gasteiger partial charge on any atom is 0.255 e. The molecule has 0 bridgehead atoms. The van der Waals surface area contributed by atoms with Crippen LogP contribution < -0.4 is 0 Å². The zero-order chi connectivity index (χ0) is 17.9. The van der Waals surface area contributed by atoms with Crippen LogP contribution in [0, 0.1) is 6.92 Å². The van der Waals surface area contributed by atoms with Crippen LogP contribution in [0.15, 0.2) is 55.0 Å². The fourth-order valence-electron chi connectivity index (χ4n) is 3.64. The number of nitrogens with zero attached hydrogens (tertiary/aromatic N) is 3. The number of benzene rings is 1. The Kier molecular flexibility index (Phi) is 4.52. The number of carbonyl (C=O) groups is 1. The van der Waals surface area contributed by atoms with E-state index in [1.165, 1.54) is 5.56 Å². The van der Waals surface area contributed by atoms with E-state index in [2.05, 4.69) is 46.4 Å². The van der Waals surface area contributed by atoms with E-state index in [1.807, 2.05) is 17.2 Å². The van der Waals surface area contributed by atoms with Crippen LogP contribution in [-0.2, 0) is 0 Å². The van der Waals surface area contributed by atoms with Gasteiger partial charge in [-0.15, -0.1) is 0 Å². The second-order valence-corrected chi connectivity index (χ2v) is 6.90. The number of rotatable bonds is 3. The summed E-state index contributed by atoms with van der Waals surface area (Å²) in [6.45, 7) is 3.58. The maximum atomic E-state index is 12.8. The first-order valence-corrected chi connectivity index (χ1v) is 9.02. The summed E-state index contributed by atoms with van der Waals surface area (Å²) in [7, 11) is 0. The highest BCUT2D eigenvalue weighted by Gasteiger charge is 2.28. The van der Waals surface area contributed by atoms with Gasteiger partial charge >= 0.3 is 0 Å². The topological polar surface area (TPSA) is 61.9 Å². The average molecular weight is 346 g/mol. The van der Waals surface area contributed by atoms with Crippen LogP contribution in [-0.4, -0.2) is 39.1 Å². The Labute approximate surface area is 153 Å². The van der Waals surface area contributed by atoms with E-state index >= 15 is 0 Å². The summed E-state index contributed by atoms with van der Waals surface area (Å²) in [5.74, 6) is 0.322. The lowest BCUT2D eigenvalue weighted by atomic mass is 9.90. The lowest BCUT2D eigenvalue weighted by Gasteiger charge is -2.32. The molecular formula is C21H22N4O. The van der Waals surface area contributed by atoms with Crippen molar-refractivity contribution in [2.75, 3.05) is 13.1 Å². The second-order valence-electron chi connectivity index (χ2n) is 6.90. The lowest BCUT2D eigenvalue weighted by Crippen LogP contribution is -2.39. The molecule has 1 amide bonds. The van der Waals surface area contributed by atoms with Crippen molar-refractivity contribution in [2.24, 2.45) is 0 Å². The standard InChI is InChI=1S/C21H22N4O/c1-15-6-8-16(9-7-15)19-13-23-24-20(19)18-5-3-11-25(14-18)21(26)17-4-2-10-22-12-17/h2,4,6-10,12-13,18H,3,5,11,14H2,1H3,(H,23,24)/t18-/m1/s1. The third kappa shape index (κ3) is 3.25. The molecule has 4 rings (SSSR count). The van der Waals surface area contributed by atoms with Crippen molar-refractivity contribution in [2.45, 2.75) is 25.7 Å². The largest absolute Gasteiger partial charge is 0.338 e. The molecule has 1 aliphatic heterocycles. The second kappa shape index (κ2) is 7.12. The van der Waals surface area contributed by atoms with Crippen molar-refractivity contribution >= 4 is 5.91 Å². The smallest absolute Gasteiger partial charge is 0.255 e. The first kappa shape index (κ1) is 16.5. The van der Waals surface area contributed by atoms with Gasteiger partial charge in [-0.1, -0.05) is 29.8 Å². The van der Waals surface area contributed by atoms with Crippen molar-refractivity contribution in [1.82, 2.24) is 20.1 Å². The molecule has 1 fully saturated rings. The number of aromatic nitrogens is 3. The van der Waals surface area contributed by atoms with Crippen LogP contribution >= 0.6 is 0 Å². The maximum absolute atomic E-state index is 12.8. The average Bonchev–Trinajstić information content (AvgIpc) is 3.19. The van der Waals surface area contributed by atoms with Gasteiger partial charge in [-0.05, 0) is 37.5 Å². The van der Waals surface area contributed by atoms with E-state index in [4.69, 9.17) is 0 Å². The van der Waals surface area contributed by atoms with E-state index in [0.717, 1.165) is 36.2 Å². The fraction of sp³-hybridized carbons (Fsp3) is 0.286. The van der Waals surface area contributed by atoms with Gasteiger partial charge < -0.3 is 4.90 Å². The minimum atomic E-state index is 0.0548. The molecule has 5 nitrogen and oxygen atoms in total. The van der Waals surface area contributed by atoms with Gasteiger partial charge in [-0.3, -0.25) is 14.9 Å². The molecule has 132 valence electrons. The number of hydrogen-bond acceptors (Lipinski definition) is 3. The van der Waals surface area contributed by atoms with Gasteiger partial charge in [0.2, 0.25) is 0 Å². The lowest BCUT2D eigenvalue weighted by molar-refractivity contribution is 0.0705. The number of aryl methyl sites for hydroxylation is 1. The number of amides is 1. The Hall–Kier alpha value is -2.95. The number of H-pyrrole nitrogens is 1. The highest BCUT2D eigenvalue weighted by Crippen LogP contribution is 2.33. The Morgan fingerprint density at radius 3 is 2.81 bits per heavy atom. The number of pyridine rings is 1. The highest BCUT2D eigenvalue weighted by molar-refractivity contribution is 5.94. The van der Waals surface area contributed by atoms with Gasteiger partial charge in [0.15, 0.2) is 0 Å². The molecule has 0 saturated carbocycles. The predicted octanol–water partition coefficient (Wildman–Crippen LogP) is 3.80. The predicted molar refractivity (Wildman–Crippen MR) is 101 cm³/mol. The van der Waals surface area contributed by atoms with Gasteiger partial charge in [0.25, 0.3) is 5.91 Å². The van der Waals surface area contributed by atoms with Crippen LogP contribution in [0.25, 0.3) is 11.1 Å². The van der Waals surface area contributed by atoms with Gasteiger partial charge in [0, 0.05) is 42.7 Å². The summed E-state index contributed by atoms with van der Waals surface area (Å²) in [6.07, 6.45) is 7.26. The van der Waals surface area contributed by atoms with Crippen LogP contribution in [0.2, 0.25) is 0 Å². The van der Waals surface area contributed by atoms with Crippen LogP contribution in [0.4, 0.5) is 0 Å². The van der Waals surface area contributed by atoms with E-state index in [1.54, 1.807) is 18.5 Å². The molecule has 2 aromatic heterocycles. The zero-order valence-corrected chi connectivity index (χ0v) is 14.9. The van der Waals surface area contributed by atoms with Crippen molar-refractivity contribution in [3.63, 3.8) is 0 Å². The Bertz CT molecular complexity index is 886. The summed E-state index contributed by atoms with van der Waals surface area (Å²) in [4.78, 5) is 18.8. The molecule has 1 aliphatic rings. The first-order valence-electron chi connectivity index (χ1n) is 9.02. The summed E-state index contributed by atoms with van der Waals surface area (Å²) in [5, 5.41) is 7.47. The summed E-state index contributed by atoms with van der Waals surface area (Å²) < 4.78 is 0. The van der Waals surface area contributed by atoms with Crippen molar-refractivity contribution < 1.29 is 4.79 Å². The van der Waals surface area contributed by atoms with Crippen LogP contribution in [0.1, 0.15) is 40.4 Å². The van der Waals surface area contributed by atoms with Gasteiger partial charge in [-0.2, -0.15) is 5.10 Å². The number of piperidine rings is 1. The Morgan fingerprint density at radius 2 is 2.04 bits per heavy atom. The number of hydrogen-bond donors (Lipinski definition) is 1. The summed E-state index contributed by atoms with van der Waals surface area (Å²) in [5.41, 5.74) is 5.31. The monoisotopic (exact) mass is 346 g/mol. The quantitative estimate of drug-likeness (QED) is 0.785. The van der Waals surface area contributed by atoms with Crippen molar-refractivity contribution in [1.29, 1.82) is 0 Å². The van der Waals surface area contributed by atoms with E-state index in [-0.39, 0.29) is 11.8 Å². The molecule has 0 spiro atoms. The summed E-state index contributed by atoms with van der Waals surface area (Å²) >= 11 is 0. The molecular weight excluding hydrogens is 324 g/mol. The number of likely N-dealkylation sites (tertiary alicyclic amines) is 1. The zero-order valence-electron chi connectivity index (χ0n) is 14.9. The van der Waals surface area contributed by atoms with Crippen molar-refractivity contribution in [3.8, 4) is 11.1 Å².